The van der Waals surface area contributed by atoms with Gasteiger partial charge in [0.25, 0.3) is 0 Å². The topological polar surface area (TPSA) is 70.6 Å². The number of amides is 1. The Kier molecular flexibility index (Phi) is 8.37. The zero-order chi connectivity index (χ0) is 26.9. The van der Waals surface area contributed by atoms with Crippen LogP contribution in [0.1, 0.15) is 69.6 Å². The van der Waals surface area contributed by atoms with Gasteiger partial charge in [0, 0.05) is 25.2 Å². The molecule has 4 atom stereocenters. The van der Waals surface area contributed by atoms with Gasteiger partial charge in [-0.15, -0.1) is 0 Å². The van der Waals surface area contributed by atoms with E-state index in [1.807, 2.05) is 0 Å². The number of rotatable bonds is 7. The first-order valence-corrected chi connectivity index (χ1v) is 12.2. The molecule has 3 rings (SSSR count). The van der Waals surface area contributed by atoms with Crippen molar-refractivity contribution in [3.8, 4) is 0 Å². The summed E-state index contributed by atoms with van der Waals surface area (Å²) in [6, 6.07) is 1.39. The summed E-state index contributed by atoms with van der Waals surface area (Å²) in [6.07, 6.45) is -6.96. The molecule has 11 heteroatoms. The number of carbonyl (C=O) groups excluding carboxylic acids is 1. The maximum absolute atomic E-state index is 13.3. The van der Waals surface area contributed by atoms with E-state index in [4.69, 9.17) is 4.74 Å². The fourth-order valence-electron chi connectivity index (χ4n) is 5.42. The summed E-state index contributed by atoms with van der Waals surface area (Å²) in [6.45, 7) is 5.84. The van der Waals surface area contributed by atoms with Gasteiger partial charge in [0.15, 0.2) is 0 Å². The Balaban J connectivity index is 1.77. The van der Waals surface area contributed by atoms with E-state index in [0.717, 1.165) is 12.8 Å². The number of alkyl halides is 6. The van der Waals surface area contributed by atoms with Crippen LogP contribution in [-0.4, -0.2) is 41.9 Å². The Morgan fingerprint density at radius 2 is 1.69 bits per heavy atom. The second-order valence-electron chi connectivity index (χ2n) is 10.5. The third kappa shape index (κ3) is 6.34. The van der Waals surface area contributed by atoms with Crippen LogP contribution in [-0.2, 0) is 28.4 Å². The van der Waals surface area contributed by atoms with Crippen LogP contribution in [0.4, 0.5) is 26.3 Å². The number of halogens is 6. The van der Waals surface area contributed by atoms with Crippen molar-refractivity contribution >= 4 is 5.91 Å². The van der Waals surface area contributed by atoms with Crippen LogP contribution in [0.25, 0.3) is 0 Å². The Morgan fingerprint density at radius 3 is 2.22 bits per heavy atom. The van der Waals surface area contributed by atoms with Crippen molar-refractivity contribution in [2.75, 3.05) is 13.2 Å². The number of aliphatic hydroxyl groups is 1. The van der Waals surface area contributed by atoms with Crippen LogP contribution >= 0.6 is 0 Å². The van der Waals surface area contributed by atoms with Crippen molar-refractivity contribution < 1.29 is 41.0 Å². The fraction of sp³-hybridized carbons (Fsp3) is 0.720. The molecule has 0 bridgehead atoms. The van der Waals surface area contributed by atoms with E-state index in [9.17, 15) is 36.2 Å². The van der Waals surface area contributed by atoms with Crippen LogP contribution in [0.5, 0.6) is 0 Å². The molecule has 1 aliphatic heterocycles. The molecule has 1 heterocycles. The smallest absolute Gasteiger partial charge is 0.389 e. The van der Waals surface area contributed by atoms with Gasteiger partial charge in [-0.25, -0.2) is 0 Å². The number of carbonyl (C=O) groups is 1. The van der Waals surface area contributed by atoms with Crippen molar-refractivity contribution in [1.29, 1.82) is 0 Å². The Morgan fingerprint density at radius 1 is 1.08 bits per heavy atom. The lowest BCUT2D eigenvalue weighted by Crippen LogP contribution is -2.54. The van der Waals surface area contributed by atoms with Gasteiger partial charge in [0.2, 0.25) is 5.91 Å². The molecule has 1 aromatic carbocycles. The zero-order valence-electron chi connectivity index (χ0n) is 20.7. The molecule has 1 saturated carbocycles. The second kappa shape index (κ2) is 10.5. The molecule has 204 valence electrons. The first kappa shape index (κ1) is 28.7. The monoisotopic (exact) mass is 524 g/mol. The highest BCUT2D eigenvalue weighted by molar-refractivity contribution is 5.84. The Hall–Kier alpha value is -1.85. The fourth-order valence-corrected chi connectivity index (χ4v) is 5.42. The highest BCUT2D eigenvalue weighted by atomic mass is 19.4. The average Bonchev–Trinajstić information content (AvgIpc) is 3.22. The molecular formula is C25H34F6N2O3. The summed E-state index contributed by atoms with van der Waals surface area (Å²) < 4.78 is 84.7. The summed E-state index contributed by atoms with van der Waals surface area (Å²) >= 11 is 0. The van der Waals surface area contributed by atoms with Crippen LogP contribution in [0.3, 0.4) is 0 Å². The van der Waals surface area contributed by atoms with E-state index in [1.165, 1.54) is 13.8 Å². The minimum absolute atomic E-state index is 0.0523. The SMILES string of the molecule is CCC1COCCC1N[C@@H]1CC[C@@](C(=O)NCc2cc(C(F)(F)F)cc(C(F)(F)F)c2)(C(C)(C)O)C1. The largest absolute Gasteiger partial charge is 0.416 e. The zero-order valence-corrected chi connectivity index (χ0v) is 20.7. The molecule has 2 fully saturated rings. The van der Waals surface area contributed by atoms with Gasteiger partial charge in [-0.3, -0.25) is 4.79 Å². The number of hydrogen-bond acceptors (Lipinski definition) is 4. The highest BCUT2D eigenvalue weighted by Crippen LogP contribution is 2.47. The standard InChI is InChI=1S/C25H34F6N2O3/c1-4-16-14-36-8-6-20(16)33-19-5-7-23(12-19,22(2,3)35)21(34)32-13-15-9-17(24(26,27)28)11-18(10-15)25(29,30)31/h9-11,16,19-20,33,35H,4-8,12-14H2,1-3H3,(H,32,34)/t16?,19-,20?,23-/m1/s1. The van der Waals surface area contributed by atoms with E-state index in [1.54, 1.807) is 0 Å². The molecule has 5 nitrogen and oxygen atoms in total. The molecule has 1 saturated heterocycles. The number of benzene rings is 1. The van der Waals surface area contributed by atoms with Gasteiger partial charge in [-0.05, 0) is 75.6 Å². The number of ether oxygens (including phenoxy) is 1. The van der Waals surface area contributed by atoms with Gasteiger partial charge in [0.1, 0.15) is 0 Å². The van der Waals surface area contributed by atoms with Crippen molar-refractivity contribution in [2.24, 2.45) is 11.3 Å². The predicted molar refractivity (Wildman–Crippen MR) is 121 cm³/mol. The van der Waals surface area contributed by atoms with Crippen molar-refractivity contribution in [3.05, 3.63) is 34.9 Å². The summed E-state index contributed by atoms with van der Waals surface area (Å²) in [5.74, 6) is -0.266. The van der Waals surface area contributed by atoms with Gasteiger partial charge in [-0.2, -0.15) is 26.3 Å². The lowest BCUT2D eigenvalue weighted by atomic mass is 9.71. The molecule has 0 radical (unpaired) electrons. The van der Waals surface area contributed by atoms with Gasteiger partial charge in [0.05, 0.1) is 28.7 Å². The second-order valence-corrected chi connectivity index (χ2v) is 10.5. The van der Waals surface area contributed by atoms with Crippen molar-refractivity contribution in [3.63, 3.8) is 0 Å². The first-order chi connectivity index (χ1) is 16.6. The minimum atomic E-state index is -4.97. The van der Waals surface area contributed by atoms with E-state index in [-0.39, 0.29) is 23.7 Å². The maximum Gasteiger partial charge on any atom is 0.416 e. The molecule has 2 unspecified atom stereocenters. The highest BCUT2D eigenvalue weighted by Gasteiger charge is 2.54. The van der Waals surface area contributed by atoms with E-state index >= 15 is 0 Å². The van der Waals surface area contributed by atoms with Crippen LogP contribution < -0.4 is 10.6 Å². The molecule has 36 heavy (non-hydrogen) atoms. The van der Waals surface area contributed by atoms with E-state index in [2.05, 4.69) is 17.6 Å². The molecule has 1 amide bonds. The predicted octanol–water partition coefficient (Wildman–Crippen LogP) is 5.05. The third-order valence-corrected chi connectivity index (χ3v) is 7.67. The summed E-state index contributed by atoms with van der Waals surface area (Å²) in [5, 5.41) is 17.1. The summed E-state index contributed by atoms with van der Waals surface area (Å²) in [4.78, 5) is 13.3. The van der Waals surface area contributed by atoms with E-state index < -0.39 is 46.9 Å². The summed E-state index contributed by atoms with van der Waals surface area (Å²) in [5.41, 5.74) is -5.90. The maximum atomic E-state index is 13.3. The van der Waals surface area contributed by atoms with Crippen molar-refractivity contribution in [1.82, 2.24) is 10.6 Å². The number of hydrogen-bond donors (Lipinski definition) is 3. The van der Waals surface area contributed by atoms with Crippen LogP contribution in [0.2, 0.25) is 0 Å². The molecule has 0 aromatic heterocycles. The van der Waals surface area contributed by atoms with Gasteiger partial charge >= 0.3 is 12.4 Å². The van der Waals surface area contributed by atoms with Crippen molar-refractivity contribution in [2.45, 2.75) is 89.5 Å². The van der Waals surface area contributed by atoms with E-state index in [0.29, 0.717) is 50.5 Å². The Labute approximate surface area is 207 Å². The summed E-state index contributed by atoms with van der Waals surface area (Å²) in [7, 11) is 0. The molecule has 0 spiro atoms. The Bertz CT molecular complexity index is 896. The number of nitrogens with one attached hydrogen (secondary N) is 2. The molecule has 1 aromatic rings. The molecule has 2 aliphatic rings. The minimum Gasteiger partial charge on any atom is -0.389 e. The van der Waals surface area contributed by atoms with Crippen LogP contribution in [0, 0.1) is 11.3 Å². The first-order valence-electron chi connectivity index (χ1n) is 12.2. The third-order valence-electron chi connectivity index (χ3n) is 7.67. The van der Waals surface area contributed by atoms with Crippen LogP contribution in [0.15, 0.2) is 18.2 Å². The lowest BCUT2D eigenvalue weighted by molar-refractivity contribution is -0.146. The lowest BCUT2D eigenvalue weighted by Gasteiger charge is -2.40. The molecular weight excluding hydrogens is 490 g/mol. The van der Waals surface area contributed by atoms with Gasteiger partial charge in [-0.1, -0.05) is 6.92 Å². The molecule has 3 N–H and O–H groups in total. The average molecular weight is 525 g/mol. The normalized spacial score (nSPS) is 27.8. The quantitative estimate of drug-likeness (QED) is 0.437. The van der Waals surface area contributed by atoms with Gasteiger partial charge < -0.3 is 20.5 Å². The molecule has 1 aliphatic carbocycles.